The van der Waals surface area contributed by atoms with E-state index in [0.717, 1.165) is 32.5 Å². The summed E-state index contributed by atoms with van der Waals surface area (Å²) in [7, 11) is 0. The Kier molecular flexibility index (Phi) is 7.72. The van der Waals surface area contributed by atoms with Gasteiger partial charge < -0.3 is 4.90 Å². The molecule has 1 unspecified atom stereocenters. The molecule has 30 heavy (non-hydrogen) atoms. The van der Waals surface area contributed by atoms with Gasteiger partial charge in [-0.05, 0) is 37.7 Å². The highest BCUT2D eigenvalue weighted by molar-refractivity contribution is 5.99. The van der Waals surface area contributed by atoms with E-state index in [1.807, 2.05) is 19.1 Å². The summed E-state index contributed by atoms with van der Waals surface area (Å²) >= 11 is 0. The van der Waals surface area contributed by atoms with Gasteiger partial charge in [0.2, 0.25) is 5.95 Å². The molecule has 0 saturated carbocycles. The van der Waals surface area contributed by atoms with Gasteiger partial charge in [0, 0.05) is 30.1 Å². The predicted molar refractivity (Wildman–Crippen MR) is 124 cm³/mol. The van der Waals surface area contributed by atoms with Crippen LogP contribution in [0.5, 0.6) is 0 Å². The molecule has 0 aliphatic carbocycles. The van der Waals surface area contributed by atoms with E-state index in [1.165, 1.54) is 24.1 Å². The highest BCUT2D eigenvalue weighted by atomic mass is 19.1. The second-order valence-corrected chi connectivity index (χ2v) is 8.31. The summed E-state index contributed by atoms with van der Waals surface area (Å²) in [5.41, 5.74) is 4.45. The number of aryl methyl sites for hydroxylation is 1. The van der Waals surface area contributed by atoms with Crippen LogP contribution in [0.25, 0.3) is 11.1 Å². The quantitative estimate of drug-likeness (QED) is 0.461. The van der Waals surface area contributed by atoms with Crippen LogP contribution in [0.3, 0.4) is 0 Å². The van der Waals surface area contributed by atoms with Gasteiger partial charge in [0.15, 0.2) is 0 Å². The Morgan fingerprint density at radius 2 is 1.93 bits per heavy atom. The molecule has 160 valence electrons. The Balaban J connectivity index is 1.53. The fourth-order valence-electron chi connectivity index (χ4n) is 3.99. The summed E-state index contributed by atoms with van der Waals surface area (Å²) in [4.78, 5) is 15.8. The van der Waals surface area contributed by atoms with Crippen LogP contribution < -0.4 is 4.90 Å². The van der Waals surface area contributed by atoms with Crippen LogP contribution >= 0.6 is 0 Å². The minimum Gasteiger partial charge on any atom is -0.330 e. The van der Waals surface area contributed by atoms with Gasteiger partial charge >= 0.3 is 0 Å². The number of hydrogen-bond acceptors (Lipinski definition) is 4. The third-order valence-corrected chi connectivity index (χ3v) is 5.65. The van der Waals surface area contributed by atoms with Gasteiger partial charge in [0.05, 0.1) is 18.8 Å². The molecule has 1 fully saturated rings. The number of hydrogen-bond donors (Lipinski definition) is 0. The molecule has 1 aromatic carbocycles. The zero-order chi connectivity index (χ0) is 21.5. The van der Waals surface area contributed by atoms with E-state index in [-0.39, 0.29) is 5.82 Å². The molecule has 3 rings (SSSR count). The van der Waals surface area contributed by atoms with E-state index < -0.39 is 0 Å². The summed E-state index contributed by atoms with van der Waals surface area (Å²) in [6.07, 6.45) is 8.77. The minimum absolute atomic E-state index is 0.178. The van der Waals surface area contributed by atoms with Crippen molar-refractivity contribution in [3.05, 3.63) is 54.1 Å². The van der Waals surface area contributed by atoms with E-state index >= 15 is 0 Å². The van der Waals surface area contributed by atoms with Gasteiger partial charge in [-0.25, -0.2) is 14.4 Å². The lowest BCUT2D eigenvalue weighted by molar-refractivity contribution is 0.448. The van der Waals surface area contributed by atoms with E-state index in [4.69, 9.17) is 4.99 Å². The van der Waals surface area contributed by atoms with Crippen molar-refractivity contribution in [3.8, 4) is 11.1 Å². The number of halogens is 1. The summed E-state index contributed by atoms with van der Waals surface area (Å²) in [5, 5.41) is 0. The average Bonchev–Trinajstić information content (AvgIpc) is 2.70. The lowest BCUT2D eigenvalue weighted by atomic mass is 9.93. The first-order chi connectivity index (χ1) is 14.5. The Morgan fingerprint density at radius 1 is 1.20 bits per heavy atom. The van der Waals surface area contributed by atoms with Crippen LogP contribution in [-0.2, 0) is 6.42 Å². The van der Waals surface area contributed by atoms with Crippen LogP contribution in [-0.4, -0.2) is 35.3 Å². The smallest absolute Gasteiger partial charge is 0.225 e. The number of aromatic nitrogens is 2. The molecule has 5 heteroatoms. The topological polar surface area (TPSA) is 41.4 Å². The van der Waals surface area contributed by atoms with Gasteiger partial charge in [-0.1, -0.05) is 50.5 Å². The molecule has 1 aliphatic heterocycles. The fourth-order valence-corrected chi connectivity index (χ4v) is 3.99. The van der Waals surface area contributed by atoms with Crippen molar-refractivity contribution in [1.29, 1.82) is 0 Å². The third-order valence-electron chi connectivity index (χ3n) is 5.65. The minimum atomic E-state index is -0.178. The first-order valence-electron chi connectivity index (χ1n) is 11.0. The first-order valence-corrected chi connectivity index (χ1v) is 11.0. The lowest BCUT2D eigenvalue weighted by Crippen LogP contribution is -2.48. The van der Waals surface area contributed by atoms with E-state index in [1.54, 1.807) is 18.5 Å². The number of aliphatic imine (C=N–C) groups is 1. The average molecular weight is 409 g/mol. The maximum Gasteiger partial charge on any atom is 0.225 e. The fraction of sp³-hybridized carbons (Fsp3) is 0.480. The SMILES string of the molecule is C=C(C)CC(CCC)CCN=C1CN(c2ncc(-c3cccc(CC)c3F)cn2)C1. The maximum atomic E-state index is 14.6. The normalized spacial score (nSPS) is 14.4. The molecule has 1 aromatic heterocycles. The van der Waals surface area contributed by atoms with Gasteiger partial charge in [0.25, 0.3) is 0 Å². The largest absolute Gasteiger partial charge is 0.330 e. The second-order valence-electron chi connectivity index (χ2n) is 8.31. The third kappa shape index (κ3) is 5.53. The molecule has 0 amide bonds. The lowest BCUT2D eigenvalue weighted by Gasteiger charge is -2.32. The monoisotopic (exact) mass is 408 g/mol. The summed E-state index contributed by atoms with van der Waals surface area (Å²) in [6.45, 7) is 12.8. The van der Waals surface area contributed by atoms with Gasteiger partial charge in [-0.3, -0.25) is 4.99 Å². The first kappa shape index (κ1) is 22.1. The summed E-state index contributed by atoms with van der Waals surface area (Å²) < 4.78 is 14.6. The van der Waals surface area contributed by atoms with Crippen LogP contribution in [0.1, 0.15) is 52.0 Å². The number of rotatable bonds is 10. The Labute approximate surface area is 180 Å². The van der Waals surface area contributed by atoms with Crippen molar-refractivity contribution in [2.45, 2.75) is 52.9 Å². The maximum absolute atomic E-state index is 14.6. The molecule has 1 aliphatic rings. The Morgan fingerprint density at radius 3 is 2.57 bits per heavy atom. The van der Waals surface area contributed by atoms with Crippen molar-refractivity contribution >= 4 is 11.7 Å². The van der Waals surface area contributed by atoms with Crippen LogP contribution in [0.15, 0.2) is 47.7 Å². The number of nitrogens with zero attached hydrogens (tertiary/aromatic N) is 4. The Bertz CT molecular complexity index is 881. The molecule has 0 N–H and O–H groups in total. The molecular weight excluding hydrogens is 375 g/mol. The van der Waals surface area contributed by atoms with E-state index in [9.17, 15) is 4.39 Å². The molecule has 0 spiro atoms. The van der Waals surface area contributed by atoms with Crippen molar-refractivity contribution < 1.29 is 4.39 Å². The molecule has 2 aromatic rings. The standard InChI is InChI=1S/C25H33FN4/c1-5-8-19(13-18(3)4)11-12-27-22-16-30(17-22)25-28-14-21(15-29-25)23-10-7-9-20(6-2)24(23)26/h7,9-10,14-15,19H,3,5-6,8,11-13,16-17H2,1-2,4H3. The van der Waals surface area contributed by atoms with E-state index in [2.05, 4.69) is 35.3 Å². The van der Waals surface area contributed by atoms with Crippen LogP contribution in [0.2, 0.25) is 0 Å². The molecule has 1 saturated heterocycles. The molecule has 0 radical (unpaired) electrons. The van der Waals surface area contributed by atoms with Crippen molar-refractivity contribution in [2.75, 3.05) is 24.5 Å². The molecule has 4 nitrogen and oxygen atoms in total. The predicted octanol–water partition coefficient (Wildman–Crippen LogP) is 5.88. The van der Waals surface area contributed by atoms with Gasteiger partial charge in [0.1, 0.15) is 5.82 Å². The van der Waals surface area contributed by atoms with Crippen LogP contribution in [0, 0.1) is 11.7 Å². The van der Waals surface area contributed by atoms with Crippen molar-refractivity contribution in [2.24, 2.45) is 10.9 Å². The highest BCUT2D eigenvalue weighted by Crippen LogP contribution is 2.26. The molecular formula is C25H33FN4. The van der Waals surface area contributed by atoms with Crippen molar-refractivity contribution in [1.82, 2.24) is 9.97 Å². The highest BCUT2D eigenvalue weighted by Gasteiger charge is 2.24. The Hall–Kier alpha value is -2.56. The van der Waals surface area contributed by atoms with Crippen molar-refractivity contribution in [3.63, 3.8) is 0 Å². The summed E-state index contributed by atoms with van der Waals surface area (Å²) in [6, 6.07) is 5.48. The van der Waals surface area contributed by atoms with Gasteiger partial charge in [-0.2, -0.15) is 0 Å². The number of anilines is 1. The second kappa shape index (κ2) is 10.5. The molecule has 1 atom stereocenters. The summed E-state index contributed by atoms with van der Waals surface area (Å²) in [5.74, 6) is 1.19. The molecule has 2 heterocycles. The number of allylic oxidation sites excluding steroid dienone is 1. The zero-order valence-electron chi connectivity index (χ0n) is 18.5. The van der Waals surface area contributed by atoms with Crippen LogP contribution in [0.4, 0.5) is 10.3 Å². The van der Waals surface area contributed by atoms with Gasteiger partial charge in [-0.15, -0.1) is 6.58 Å². The molecule has 0 bridgehead atoms. The number of benzene rings is 1. The zero-order valence-corrected chi connectivity index (χ0v) is 18.5. The van der Waals surface area contributed by atoms with E-state index in [0.29, 0.717) is 35.0 Å².